The summed E-state index contributed by atoms with van der Waals surface area (Å²) in [5, 5.41) is 21.0. The molecule has 186 valence electrons. The second kappa shape index (κ2) is 9.77. The molecule has 7 nitrogen and oxygen atoms in total. The number of ketones is 1. The van der Waals surface area contributed by atoms with Crippen molar-refractivity contribution in [2.24, 2.45) is 0 Å². The van der Waals surface area contributed by atoms with E-state index in [0.717, 1.165) is 5.56 Å². The predicted molar refractivity (Wildman–Crippen MR) is 136 cm³/mol. The number of methoxy groups -OCH3 is 1. The highest BCUT2D eigenvalue weighted by atomic mass is 16.5. The first kappa shape index (κ1) is 24.9. The first-order chi connectivity index (χ1) is 17.1. The molecule has 1 unspecified atom stereocenters. The van der Waals surface area contributed by atoms with Crippen LogP contribution in [0.25, 0.3) is 5.76 Å². The Morgan fingerprint density at radius 3 is 2.19 bits per heavy atom. The van der Waals surface area contributed by atoms with E-state index < -0.39 is 23.3 Å². The Labute approximate surface area is 210 Å². The molecule has 1 aliphatic rings. The van der Waals surface area contributed by atoms with Crippen LogP contribution in [0.5, 0.6) is 17.2 Å². The fourth-order valence-corrected chi connectivity index (χ4v) is 4.20. The molecule has 2 N–H and O–H groups in total. The average molecular weight is 488 g/mol. The van der Waals surface area contributed by atoms with Gasteiger partial charge in [0.25, 0.3) is 11.7 Å². The van der Waals surface area contributed by atoms with E-state index in [1.54, 1.807) is 36.4 Å². The number of nitrogens with zero attached hydrogens (tertiary/aromatic N) is 1. The van der Waals surface area contributed by atoms with Crippen molar-refractivity contribution in [1.29, 1.82) is 0 Å². The van der Waals surface area contributed by atoms with Crippen molar-refractivity contribution in [3.05, 3.63) is 95.1 Å². The Balaban J connectivity index is 1.83. The fraction of sp³-hybridized carbons (Fsp3) is 0.241. The number of aliphatic hydroxyl groups is 1. The van der Waals surface area contributed by atoms with E-state index in [-0.39, 0.29) is 23.6 Å². The standard InChI is InChI=1S/C29H29NO6/c1-29(2,3)36-23-8-6-5-7-20(23)17-30-25(18-9-13-21(31)14-10-18)24(27(33)28(30)34)26(32)19-11-15-22(35-4)16-12-19/h5-16,25,31-32H,17H2,1-4H3/b26-24+. The van der Waals surface area contributed by atoms with Crippen LogP contribution in [0, 0.1) is 0 Å². The molecular formula is C29H29NO6. The summed E-state index contributed by atoms with van der Waals surface area (Å²) in [4.78, 5) is 28.0. The SMILES string of the molecule is COc1ccc(/C(O)=C2\C(=O)C(=O)N(Cc3ccccc3OC(C)(C)C)C2c2ccc(O)cc2)cc1. The van der Waals surface area contributed by atoms with Crippen molar-refractivity contribution in [2.45, 2.75) is 39.0 Å². The lowest BCUT2D eigenvalue weighted by Crippen LogP contribution is -2.30. The molecule has 1 heterocycles. The van der Waals surface area contributed by atoms with Crippen LogP contribution in [0.3, 0.4) is 0 Å². The van der Waals surface area contributed by atoms with E-state index in [4.69, 9.17) is 9.47 Å². The van der Waals surface area contributed by atoms with E-state index >= 15 is 0 Å². The van der Waals surface area contributed by atoms with E-state index in [1.165, 1.54) is 24.1 Å². The van der Waals surface area contributed by atoms with Crippen LogP contribution in [0.1, 0.15) is 43.5 Å². The number of phenolic OH excluding ortho intramolecular Hbond substituents is 1. The fourth-order valence-electron chi connectivity index (χ4n) is 4.20. The molecule has 7 heteroatoms. The van der Waals surface area contributed by atoms with Gasteiger partial charge < -0.3 is 24.6 Å². The average Bonchev–Trinajstić information content (AvgIpc) is 3.09. The van der Waals surface area contributed by atoms with Gasteiger partial charge in [-0.05, 0) is 68.8 Å². The third-order valence-electron chi connectivity index (χ3n) is 5.84. The summed E-state index contributed by atoms with van der Waals surface area (Å²) in [6.45, 7) is 5.88. The highest BCUT2D eigenvalue weighted by Gasteiger charge is 2.46. The highest BCUT2D eigenvalue weighted by Crippen LogP contribution is 2.41. The minimum absolute atomic E-state index is 0.0231. The van der Waals surface area contributed by atoms with Gasteiger partial charge in [-0.2, -0.15) is 0 Å². The highest BCUT2D eigenvalue weighted by molar-refractivity contribution is 6.46. The van der Waals surface area contributed by atoms with Crippen molar-refractivity contribution < 1.29 is 29.3 Å². The van der Waals surface area contributed by atoms with Gasteiger partial charge >= 0.3 is 0 Å². The molecule has 0 saturated carbocycles. The number of hydrogen-bond acceptors (Lipinski definition) is 6. The summed E-state index contributed by atoms with van der Waals surface area (Å²) in [7, 11) is 1.53. The number of phenols is 1. The van der Waals surface area contributed by atoms with E-state index in [1.807, 2.05) is 45.0 Å². The summed E-state index contributed by atoms with van der Waals surface area (Å²) in [6.07, 6.45) is 0. The van der Waals surface area contributed by atoms with Crippen LogP contribution >= 0.6 is 0 Å². The molecule has 36 heavy (non-hydrogen) atoms. The molecule has 1 fully saturated rings. The normalized spacial score (nSPS) is 17.3. The lowest BCUT2D eigenvalue weighted by Gasteiger charge is -2.28. The Morgan fingerprint density at radius 2 is 1.58 bits per heavy atom. The van der Waals surface area contributed by atoms with Crippen LogP contribution in [0.2, 0.25) is 0 Å². The van der Waals surface area contributed by atoms with Crippen molar-refractivity contribution in [1.82, 2.24) is 4.90 Å². The van der Waals surface area contributed by atoms with Crippen LogP contribution in [-0.2, 0) is 16.1 Å². The van der Waals surface area contributed by atoms with Crippen LogP contribution in [-0.4, -0.2) is 39.5 Å². The Bertz CT molecular complexity index is 1300. The number of aliphatic hydroxyl groups excluding tert-OH is 1. The van der Waals surface area contributed by atoms with Crippen LogP contribution < -0.4 is 9.47 Å². The van der Waals surface area contributed by atoms with E-state index in [9.17, 15) is 19.8 Å². The second-order valence-corrected chi connectivity index (χ2v) is 9.57. The van der Waals surface area contributed by atoms with E-state index in [2.05, 4.69) is 0 Å². The smallest absolute Gasteiger partial charge is 0.295 e. The van der Waals surface area contributed by atoms with Gasteiger partial charge in [-0.25, -0.2) is 0 Å². The topological polar surface area (TPSA) is 96.3 Å². The van der Waals surface area contributed by atoms with Crippen LogP contribution in [0.15, 0.2) is 78.4 Å². The zero-order chi connectivity index (χ0) is 26.0. The predicted octanol–water partition coefficient (Wildman–Crippen LogP) is 5.20. The van der Waals surface area contributed by atoms with E-state index in [0.29, 0.717) is 22.6 Å². The monoisotopic (exact) mass is 487 g/mol. The van der Waals surface area contributed by atoms with Crippen LogP contribution in [0.4, 0.5) is 0 Å². The number of carbonyl (C=O) groups is 2. The number of Topliss-reactive ketones (excluding diaryl/α,β-unsaturated/α-hetero) is 1. The van der Waals surface area contributed by atoms with Gasteiger partial charge in [0.05, 0.1) is 25.3 Å². The maximum atomic E-state index is 13.3. The summed E-state index contributed by atoms with van der Waals surface area (Å²) < 4.78 is 11.3. The molecule has 0 bridgehead atoms. The molecule has 0 aliphatic carbocycles. The molecule has 0 aromatic heterocycles. The molecule has 4 rings (SSSR count). The summed E-state index contributed by atoms with van der Waals surface area (Å²) in [5.74, 6) is -0.543. The zero-order valence-electron chi connectivity index (χ0n) is 20.7. The number of aromatic hydroxyl groups is 1. The molecule has 1 amide bonds. The van der Waals surface area contributed by atoms with Gasteiger partial charge in [0.1, 0.15) is 28.6 Å². The maximum absolute atomic E-state index is 13.3. The van der Waals surface area contributed by atoms with Gasteiger partial charge in [0, 0.05) is 11.1 Å². The van der Waals surface area contributed by atoms with Gasteiger partial charge in [0.15, 0.2) is 0 Å². The quantitative estimate of drug-likeness (QED) is 0.282. The number of likely N-dealkylation sites (tertiary alicyclic amines) is 1. The van der Waals surface area contributed by atoms with Crippen molar-refractivity contribution in [3.63, 3.8) is 0 Å². The third kappa shape index (κ3) is 5.05. The molecule has 3 aromatic rings. The Hall–Kier alpha value is -4.26. The number of carbonyl (C=O) groups excluding carboxylic acids is 2. The Kier molecular flexibility index (Phi) is 6.75. The number of rotatable bonds is 6. The van der Waals surface area contributed by atoms with Gasteiger partial charge in [-0.3, -0.25) is 9.59 Å². The molecule has 1 saturated heterocycles. The Morgan fingerprint density at radius 1 is 0.944 bits per heavy atom. The van der Waals surface area contributed by atoms with Gasteiger partial charge in [0.2, 0.25) is 0 Å². The first-order valence-corrected chi connectivity index (χ1v) is 11.6. The first-order valence-electron chi connectivity index (χ1n) is 11.6. The van der Waals surface area contributed by atoms with Gasteiger partial charge in [-0.1, -0.05) is 30.3 Å². The van der Waals surface area contributed by atoms with Crippen molar-refractivity contribution in [2.75, 3.05) is 7.11 Å². The molecule has 3 aromatic carbocycles. The molecule has 0 radical (unpaired) electrons. The minimum Gasteiger partial charge on any atom is -0.508 e. The lowest BCUT2D eigenvalue weighted by molar-refractivity contribution is -0.140. The molecular weight excluding hydrogens is 458 g/mol. The van der Waals surface area contributed by atoms with Gasteiger partial charge in [-0.15, -0.1) is 0 Å². The van der Waals surface area contributed by atoms with Crippen molar-refractivity contribution >= 4 is 17.4 Å². The summed E-state index contributed by atoms with van der Waals surface area (Å²) in [6, 6.07) is 19.3. The minimum atomic E-state index is -0.865. The van der Waals surface area contributed by atoms with Crippen molar-refractivity contribution in [3.8, 4) is 17.2 Å². The molecule has 0 spiro atoms. The molecule has 1 atom stereocenters. The largest absolute Gasteiger partial charge is 0.508 e. The molecule has 1 aliphatic heterocycles. The second-order valence-electron chi connectivity index (χ2n) is 9.57. The summed E-state index contributed by atoms with van der Waals surface area (Å²) >= 11 is 0. The number of hydrogen-bond donors (Lipinski definition) is 2. The third-order valence-corrected chi connectivity index (χ3v) is 5.84. The maximum Gasteiger partial charge on any atom is 0.295 e. The number of amides is 1. The lowest BCUT2D eigenvalue weighted by atomic mass is 9.95. The number of para-hydroxylation sites is 1. The number of ether oxygens (including phenoxy) is 2. The zero-order valence-corrected chi connectivity index (χ0v) is 20.7. The summed E-state index contributed by atoms with van der Waals surface area (Å²) in [5.41, 5.74) is 1.20. The number of benzene rings is 3.